The van der Waals surface area contributed by atoms with Crippen LogP contribution in [0.2, 0.25) is 0 Å². The van der Waals surface area contributed by atoms with Gasteiger partial charge in [-0.2, -0.15) is 0 Å². The van der Waals surface area contributed by atoms with Crippen LogP contribution in [0.4, 0.5) is 4.79 Å². The first kappa shape index (κ1) is 22.9. The van der Waals surface area contributed by atoms with Crippen LogP contribution in [0.25, 0.3) is 0 Å². The highest BCUT2D eigenvalue weighted by Crippen LogP contribution is 2.07. The van der Waals surface area contributed by atoms with E-state index in [0.717, 1.165) is 5.56 Å². The summed E-state index contributed by atoms with van der Waals surface area (Å²) in [5, 5.41) is 14.0. The summed E-state index contributed by atoms with van der Waals surface area (Å²) in [4.78, 5) is 47.0. The monoisotopic (exact) mass is 394 g/mol. The molecule has 1 rings (SSSR count). The average Bonchev–Trinajstić information content (AvgIpc) is 2.67. The molecule has 0 spiro atoms. The van der Waals surface area contributed by atoms with E-state index in [-0.39, 0.29) is 25.4 Å². The Bertz CT molecular complexity index is 676. The largest absolute Gasteiger partial charge is 0.480 e. The first-order chi connectivity index (χ1) is 13.2. The summed E-state index contributed by atoms with van der Waals surface area (Å²) in [5.74, 6) is -2.86. The summed E-state index contributed by atoms with van der Waals surface area (Å²) in [6.45, 7) is 3.44. The molecule has 1 aromatic rings. The van der Waals surface area contributed by atoms with Crippen molar-refractivity contribution in [2.24, 2.45) is 5.92 Å². The molecule has 0 aliphatic carbocycles. The zero-order chi connectivity index (χ0) is 21.1. The maximum Gasteiger partial charge on any atom is 0.408 e. The molecule has 0 aliphatic heterocycles. The molecule has 2 amide bonds. The normalized spacial score (nSPS) is 12.6. The van der Waals surface area contributed by atoms with Gasteiger partial charge >= 0.3 is 18.0 Å². The predicted octanol–water partition coefficient (Wildman–Crippen LogP) is 1.46. The summed E-state index contributed by atoms with van der Waals surface area (Å²) in [7, 11) is 1.19. The molecule has 9 heteroatoms. The number of amides is 2. The van der Waals surface area contributed by atoms with Crippen LogP contribution in [-0.4, -0.2) is 48.2 Å². The Morgan fingerprint density at radius 1 is 1.07 bits per heavy atom. The van der Waals surface area contributed by atoms with Crippen LogP contribution < -0.4 is 10.6 Å². The molecule has 3 N–H and O–H groups in total. The molecule has 0 saturated heterocycles. The third-order valence-corrected chi connectivity index (χ3v) is 3.91. The van der Waals surface area contributed by atoms with Crippen LogP contribution in [0.1, 0.15) is 32.3 Å². The molecule has 0 saturated carbocycles. The van der Waals surface area contributed by atoms with E-state index in [9.17, 15) is 24.3 Å². The maximum absolute atomic E-state index is 12.5. The summed E-state index contributed by atoms with van der Waals surface area (Å²) >= 11 is 0. The van der Waals surface area contributed by atoms with Crippen LogP contribution in [0.15, 0.2) is 30.3 Å². The van der Waals surface area contributed by atoms with Crippen molar-refractivity contribution in [2.75, 3.05) is 7.11 Å². The fraction of sp³-hybridized carbons (Fsp3) is 0.474. The van der Waals surface area contributed by atoms with Gasteiger partial charge in [0.2, 0.25) is 5.91 Å². The maximum atomic E-state index is 12.5. The van der Waals surface area contributed by atoms with E-state index >= 15 is 0 Å². The fourth-order valence-corrected chi connectivity index (χ4v) is 2.31. The van der Waals surface area contributed by atoms with Crippen LogP contribution in [-0.2, 0) is 30.5 Å². The van der Waals surface area contributed by atoms with E-state index in [0.29, 0.717) is 0 Å². The van der Waals surface area contributed by atoms with Gasteiger partial charge in [-0.25, -0.2) is 9.59 Å². The van der Waals surface area contributed by atoms with Crippen LogP contribution in [0.3, 0.4) is 0 Å². The molecule has 2 atom stereocenters. The third-order valence-electron chi connectivity index (χ3n) is 3.91. The Labute approximate surface area is 163 Å². The number of rotatable bonds is 10. The van der Waals surface area contributed by atoms with E-state index < -0.39 is 36.0 Å². The van der Waals surface area contributed by atoms with Gasteiger partial charge in [-0.05, 0) is 17.9 Å². The lowest BCUT2D eigenvalue weighted by molar-refractivity contribution is -0.144. The average molecular weight is 394 g/mol. The molecule has 0 radical (unpaired) electrons. The van der Waals surface area contributed by atoms with E-state index in [1.54, 1.807) is 38.1 Å². The minimum atomic E-state index is -1.29. The Balaban J connectivity index is 2.64. The van der Waals surface area contributed by atoms with Gasteiger partial charge in [0, 0.05) is 6.42 Å². The highest BCUT2D eigenvalue weighted by Gasteiger charge is 2.29. The lowest BCUT2D eigenvalue weighted by atomic mass is 10.0. The molecule has 154 valence electrons. The number of ether oxygens (including phenoxy) is 2. The van der Waals surface area contributed by atoms with Gasteiger partial charge in [0.05, 0.1) is 7.11 Å². The van der Waals surface area contributed by atoms with Gasteiger partial charge in [0.15, 0.2) is 0 Å². The van der Waals surface area contributed by atoms with Crippen molar-refractivity contribution in [3.8, 4) is 0 Å². The van der Waals surface area contributed by atoms with Crippen molar-refractivity contribution in [3.63, 3.8) is 0 Å². The zero-order valence-corrected chi connectivity index (χ0v) is 16.1. The van der Waals surface area contributed by atoms with Gasteiger partial charge in [-0.3, -0.25) is 9.59 Å². The molecule has 0 unspecified atom stereocenters. The number of hydrogen-bond donors (Lipinski definition) is 3. The number of carboxylic acid groups (broad SMARTS) is 1. The van der Waals surface area contributed by atoms with Gasteiger partial charge < -0.3 is 25.2 Å². The molecule has 1 aromatic carbocycles. The third kappa shape index (κ3) is 8.07. The minimum absolute atomic E-state index is 0.0377. The van der Waals surface area contributed by atoms with Gasteiger partial charge in [-0.1, -0.05) is 44.2 Å². The minimum Gasteiger partial charge on any atom is -0.480 e. The molecular weight excluding hydrogens is 368 g/mol. The molecular formula is C19H26N2O7. The highest BCUT2D eigenvalue weighted by atomic mass is 16.5. The van der Waals surface area contributed by atoms with Crippen molar-refractivity contribution in [2.45, 2.75) is 45.4 Å². The number of carbonyl (C=O) groups is 4. The van der Waals surface area contributed by atoms with E-state index in [1.165, 1.54) is 7.11 Å². The predicted molar refractivity (Wildman–Crippen MR) is 99.2 cm³/mol. The van der Waals surface area contributed by atoms with Crippen molar-refractivity contribution < 1.29 is 33.8 Å². The summed E-state index contributed by atoms with van der Waals surface area (Å²) in [6, 6.07) is 6.75. The molecule has 28 heavy (non-hydrogen) atoms. The van der Waals surface area contributed by atoms with Gasteiger partial charge in [0.1, 0.15) is 18.7 Å². The summed E-state index contributed by atoms with van der Waals surface area (Å²) < 4.78 is 9.57. The number of aliphatic carboxylic acids is 1. The first-order valence-electron chi connectivity index (χ1n) is 8.81. The number of alkyl carbamates (subject to hydrolysis) is 1. The Kier molecular flexibility index (Phi) is 9.49. The van der Waals surface area contributed by atoms with E-state index in [2.05, 4.69) is 15.4 Å². The first-order valence-corrected chi connectivity index (χ1v) is 8.81. The van der Waals surface area contributed by atoms with Crippen LogP contribution in [0.5, 0.6) is 0 Å². The Morgan fingerprint density at radius 3 is 2.25 bits per heavy atom. The van der Waals surface area contributed by atoms with Crippen LogP contribution in [0, 0.1) is 5.92 Å². The number of benzene rings is 1. The SMILES string of the molecule is COC(=O)CC[C@@H](NC(=O)[C@H](NC(=O)OCc1ccccc1)C(C)C)C(=O)O. The quantitative estimate of drug-likeness (QED) is 0.512. The molecule has 9 nitrogen and oxygen atoms in total. The number of carbonyl (C=O) groups excluding carboxylic acids is 3. The standard InChI is InChI=1S/C19H26N2O7/c1-12(2)16(21-19(26)28-11-13-7-5-4-6-8-13)17(23)20-14(18(24)25)9-10-15(22)27-3/h4-8,12,14,16H,9-11H2,1-3H3,(H,20,23)(H,21,26)(H,24,25)/t14-,16-/m1/s1. The smallest absolute Gasteiger partial charge is 0.408 e. The number of methoxy groups -OCH3 is 1. The van der Waals surface area contributed by atoms with E-state index in [1.807, 2.05) is 6.07 Å². The van der Waals surface area contributed by atoms with Crippen molar-refractivity contribution in [1.29, 1.82) is 0 Å². The topological polar surface area (TPSA) is 131 Å². The Morgan fingerprint density at radius 2 is 1.71 bits per heavy atom. The molecule has 0 fully saturated rings. The fourth-order valence-electron chi connectivity index (χ4n) is 2.31. The number of nitrogens with one attached hydrogen (secondary N) is 2. The van der Waals surface area contributed by atoms with E-state index in [4.69, 9.17) is 4.74 Å². The second kappa shape index (κ2) is 11.6. The number of esters is 1. The lowest BCUT2D eigenvalue weighted by Crippen LogP contribution is -2.53. The number of carboxylic acids is 1. The van der Waals surface area contributed by atoms with Gasteiger partial charge in [-0.15, -0.1) is 0 Å². The molecule has 0 aromatic heterocycles. The molecule has 0 aliphatic rings. The van der Waals surface area contributed by atoms with Crippen molar-refractivity contribution >= 4 is 23.9 Å². The summed E-state index contributed by atoms with van der Waals surface area (Å²) in [5.41, 5.74) is 0.789. The summed E-state index contributed by atoms with van der Waals surface area (Å²) in [6.07, 6.45) is -1.08. The second-order valence-electron chi connectivity index (χ2n) is 6.44. The highest BCUT2D eigenvalue weighted by molar-refractivity contribution is 5.89. The second-order valence-corrected chi connectivity index (χ2v) is 6.44. The zero-order valence-electron chi connectivity index (χ0n) is 16.1. The molecule has 0 bridgehead atoms. The van der Waals surface area contributed by atoms with Crippen molar-refractivity contribution in [3.05, 3.63) is 35.9 Å². The van der Waals surface area contributed by atoms with Gasteiger partial charge in [0.25, 0.3) is 0 Å². The lowest BCUT2D eigenvalue weighted by Gasteiger charge is -2.23. The molecule has 0 heterocycles. The number of hydrogen-bond acceptors (Lipinski definition) is 6. The Hall–Kier alpha value is -3.10. The van der Waals surface area contributed by atoms with Crippen LogP contribution >= 0.6 is 0 Å². The van der Waals surface area contributed by atoms with Crippen molar-refractivity contribution in [1.82, 2.24) is 10.6 Å².